The zero-order valence-corrected chi connectivity index (χ0v) is 11.8. The van der Waals surface area contributed by atoms with Crippen LogP contribution in [-0.4, -0.2) is 33.9 Å². The normalized spacial score (nSPS) is 15.2. The van der Waals surface area contributed by atoms with E-state index in [-0.39, 0.29) is 0 Å². The topological polar surface area (TPSA) is 29.9 Å². The molecule has 86 valence electrons. The molecule has 2 atom stereocenters. The van der Waals surface area contributed by atoms with E-state index in [1.54, 1.807) is 0 Å². The summed E-state index contributed by atoms with van der Waals surface area (Å²) in [7, 11) is 0. The van der Waals surface area contributed by atoms with Gasteiger partial charge in [0.2, 0.25) is 0 Å². The third kappa shape index (κ3) is 5.04. The third-order valence-corrected chi connectivity index (χ3v) is 3.60. The van der Waals surface area contributed by atoms with Crippen molar-refractivity contribution in [2.45, 2.75) is 31.7 Å². The lowest BCUT2D eigenvalue weighted by Gasteiger charge is -2.16. The Kier molecular flexibility index (Phi) is 5.71. The fraction of sp³-hybridized carbons (Fsp3) is 0.700. The maximum absolute atomic E-state index is 4.23. The fourth-order valence-electron chi connectivity index (χ4n) is 1.23. The highest BCUT2D eigenvalue weighted by Crippen LogP contribution is 2.07. The molecule has 1 rings (SSSR count). The molecule has 3 nitrogen and oxygen atoms in total. The summed E-state index contributed by atoms with van der Waals surface area (Å²) in [6, 6.07) is 0.450. The third-order valence-electron chi connectivity index (χ3n) is 2.22. The molecular weight excluding hydrogens is 274 g/mol. The van der Waals surface area contributed by atoms with E-state index in [9.17, 15) is 0 Å². The van der Waals surface area contributed by atoms with E-state index in [0.717, 1.165) is 17.6 Å². The van der Waals surface area contributed by atoms with Crippen molar-refractivity contribution in [2.24, 2.45) is 0 Å². The summed E-state index contributed by atoms with van der Waals surface area (Å²) in [5, 5.41) is 8.39. The Morgan fingerprint density at radius 2 is 2.33 bits per heavy atom. The van der Waals surface area contributed by atoms with Gasteiger partial charge in [-0.1, -0.05) is 6.92 Å². The molecule has 1 N–H and O–H groups in total. The van der Waals surface area contributed by atoms with Crippen molar-refractivity contribution < 1.29 is 0 Å². The van der Waals surface area contributed by atoms with Gasteiger partial charge in [-0.3, -0.25) is 4.68 Å². The van der Waals surface area contributed by atoms with Crippen LogP contribution >= 0.6 is 27.7 Å². The number of nitrogens with one attached hydrogen (secondary N) is 1. The van der Waals surface area contributed by atoms with Crippen molar-refractivity contribution in [1.29, 1.82) is 0 Å². The van der Waals surface area contributed by atoms with Crippen LogP contribution in [0.15, 0.2) is 16.9 Å². The Morgan fingerprint density at radius 3 is 2.87 bits per heavy atom. The second-order valence-corrected chi connectivity index (χ2v) is 5.93. The average Bonchev–Trinajstić information content (AvgIpc) is 2.60. The molecule has 0 unspecified atom stereocenters. The van der Waals surface area contributed by atoms with Gasteiger partial charge in [0.15, 0.2) is 0 Å². The number of aromatic nitrogens is 2. The Hall–Kier alpha value is -0.0000000000000000555. The van der Waals surface area contributed by atoms with Crippen LogP contribution in [-0.2, 0) is 6.54 Å². The largest absolute Gasteiger partial charge is 0.311 e. The van der Waals surface area contributed by atoms with Gasteiger partial charge < -0.3 is 5.32 Å². The average molecular weight is 292 g/mol. The first-order chi connectivity index (χ1) is 7.11. The number of halogens is 1. The summed E-state index contributed by atoms with van der Waals surface area (Å²) in [5.41, 5.74) is 0. The van der Waals surface area contributed by atoms with Crippen molar-refractivity contribution in [2.75, 3.05) is 12.8 Å². The molecule has 15 heavy (non-hydrogen) atoms. The zero-order chi connectivity index (χ0) is 11.3. The van der Waals surface area contributed by atoms with Gasteiger partial charge in [0.05, 0.1) is 17.2 Å². The van der Waals surface area contributed by atoms with E-state index in [4.69, 9.17) is 0 Å². The molecule has 1 aromatic rings. The second-order valence-electron chi connectivity index (χ2n) is 3.74. The quantitative estimate of drug-likeness (QED) is 0.873. The van der Waals surface area contributed by atoms with Crippen molar-refractivity contribution in [3.8, 4) is 0 Å². The van der Waals surface area contributed by atoms with Crippen molar-refractivity contribution >= 4 is 27.7 Å². The second kappa shape index (κ2) is 6.55. The van der Waals surface area contributed by atoms with Gasteiger partial charge in [-0.15, -0.1) is 0 Å². The Balaban J connectivity index is 2.27. The van der Waals surface area contributed by atoms with Gasteiger partial charge in [-0.2, -0.15) is 16.9 Å². The summed E-state index contributed by atoms with van der Waals surface area (Å²) in [6.45, 7) is 6.37. The van der Waals surface area contributed by atoms with Gasteiger partial charge in [0.1, 0.15) is 0 Å². The molecule has 1 aromatic heterocycles. The zero-order valence-electron chi connectivity index (χ0n) is 9.40. The molecule has 0 bridgehead atoms. The van der Waals surface area contributed by atoms with E-state index < -0.39 is 0 Å². The molecule has 0 aliphatic rings. The van der Waals surface area contributed by atoms with Crippen LogP contribution < -0.4 is 5.32 Å². The Labute approximate surface area is 104 Å². The van der Waals surface area contributed by atoms with E-state index in [1.807, 2.05) is 28.8 Å². The lowest BCUT2D eigenvalue weighted by molar-refractivity contribution is 0.454. The lowest BCUT2D eigenvalue weighted by atomic mass is 10.3. The molecule has 0 aliphatic heterocycles. The summed E-state index contributed by atoms with van der Waals surface area (Å²) in [6.07, 6.45) is 5.95. The maximum Gasteiger partial charge on any atom is 0.0632 e. The smallest absolute Gasteiger partial charge is 0.0632 e. The van der Waals surface area contributed by atoms with E-state index in [2.05, 4.69) is 46.4 Å². The molecule has 0 radical (unpaired) electrons. The number of rotatable bonds is 6. The fourth-order valence-corrected chi connectivity index (χ4v) is 1.82. The van der Waals surface area contributed by atoms with Gasteiger partial charge in [0, 0.05) is 24.0 Å². The Bertz CT molecular complexity index is 290. The molecule has 0 fully saturated rings. The molecule has 5 heteroatoms. The maximum atomic E-state index is 4.23. The highest BCUT2D eigenvalue weighted by molar-refractivity contribution is 9.10. The predicted molar refractivity (Wildman–Crippen MR) is 70.4 cm³/mol. The summed E-state index contributed by atoms with van der Waals surface area (Å²) >= 11 is 5.27. The predicted octanol–water partition coefficient (Wildman–Crippen LogP) is 2.38. The first-order valence-corrected chi connectivity index (χ1v) is 7.14. The minimum Gasteiger partial charge on any atom is -0.311 e. The van der Waals surface area contributed by atoms with Crippen molar-refractivity contribution in [3.05, 3.63) is 16.9 Å². The van der Waals surface area contributed by atoms with Crippen LogP contribution in [0.2, 0.25) is 0 Å². The minimum absolute atomic E-state index is 0.450. The number of thioether (sulfide) groups is 1. The van der Waals surface area contributed by atoms with E-state index >= 15 is 0 Å². The highest BCUT2D eigenvalue weighted by Gasteiger charge is 2.05. The van der Waals surface area contributed by atoms with Gasteiger partial charge in [-0.25, -0.2) is 0 Å². The Morgan fingerprint density at radius 1 is 1.60 bits per heavy atom. The SMILES string of the molecule is CS[C@@H](C)CN[C@H](C)Cn1cc(Br)cn1. The van der Waals surface area contributed by atoms with Crippen LogP contribution in [0.25, 0.3) is 0 Å². The first kappa shape index (κ1) is 13.1. The molecule has 0 amide bonds. The number of hydrogen-bond donors (Lipinski definition) is 1. The van der Waals surface area contributed by atoms with Crippen LogP contribution in [0, 0.1) is 0 Å². The number of hydrogen-bond acceptors (Lipinski definition) is 3. The summed E-state index contributed by atoms with van der Waals surface area (Å²) in [4.78, 5) is 0. The van der Waals surface area contributed by atoms with Gasteiger partial charge >= 0.3 is 0 Å². The monoisotopic (exact) mass is 291 g/mol. The van der Waals surface area contributed by atoms with Crippen molar-refractivity contribution in [3.63, 3.8) is 0 Å². The van der Waals surface area contributed by atoms with Crippen LogP contribution in [0.1, 0.15) is 13.8 Å². The van der Waals surface area contributed by atoms with E-state index in [0.29, 0.717) is 11.3 Å². The molecule has 0 aromatic carbocycles. The molecular formula is C10H18BrN3S. The first-order valence-electron chi connectivity index (χ1n) is 5.06. The lowest BCUT2D eigenvalue weighted by Crippen LogP contribution is -2.34. The van der Waals surface area contributed by atoms with Gasteiger partial charge in [-0.05, 0) is 29.1 Å². The molecule has 1 heterocycles. The van der Waals surface area contributed by atoms with Gasteiger partial charge in [0.25, 0.3) is 0 Å². The van der Waals surface area contributed by atoms with Crippen molar-refractivity contribution in [1.82, 2.24) is 15.1 Å². The van der Waals surface area contributed by atoms with E-state index in [1.165, 1.54) is 0 Å². The summed E-state index contributed by atoms with van der Waals surface area (Å²) < 4.78 is 2.98. The standard InChI is InChI=1S/C10H18BrN3S/c1-8(12-4-9(2)15-3)6-14-7-10(11)5-13-14/h5,7-9,12H,4,6H2,1-3H3/t8-,9+/m1/s1. The number of nitrogens with zero attached hydrogens (tertiary/aromatic N) is 2. The molecule has 0 saturated heterocycles. The van der Waals surface area contributed by atoms with Crippen LogP contribution in [0.4, 0.5) is 0 Å². The van der Waals surface area contributed by atoms with Crippen LogP contribution in [0.3, 0.4) is 0 Å². The molecule has 0 saturated carbocycles. The minimum atomic E-state index is 0.450. The highest BCUT2D eigenvalue weighted by atomic mass is 79.9. The molecule has 0 spiro atoms. The van der Waals surface area contributed by atoms with Crippen LogP contribution in [0.5, 0.6) is 0 Å². The molecule has 0 aliphatic carbocycles. The summed E-state index contributed by atoms with van der Waals surface area (Å²) in [5.74, 6) is 0.